The van der Waals surface area contributed by atoms with Gasteiger partial charge in [-0.15, -0.1) is 0 Å². The summed E-state index contributed by atoms with van der Waals surface area (Å²) in [5, 5.41) is 3.46. The summed E-state index contributed by atoms with van der Waals surface area (Å²) < 4.78 is 0. The van der Waals surface area contributed by atoms with Crippen molar-refractivity contribution in [1.82, 2.24) is 10.2 Å². The van der Waals surface area contributed by atoms with Crippen molar-refractivity contribution in [3.8, 4) is 0 Å². The van der Waals surface area contributed by atoms with Gasteiger partial charge in [-0.2, -0.15) is 0 Å². The third-order valence-corrected chi connectivity index (χ3v) is 3.38. The van der Waals surface area contributed by atoms with Crippen LogP contribution in [-0.4, -0.2) is 36.5 Å². The minimum Gasteiger partial charge on any atom is -0.343 e. The van der Waals surface area contributed by atoms with Crippen LogP contribution >= 0.6 is 0 Å². The van der Waals surface area contributed by atoms with Gasteiger partial charge in [0.25, 0.3) is 0 Å². The molecule has 1 aliphatic rings. The summed E-state index contributed by atoms with van der Waals surface area (Å²) in [5.74, 6) is 0.362. The standard InChI is InChI=1S/C13H26N2O/c1-3-12(2)14-9-7-11-15-10-6-4-5-8-13(15)16/h12,14H,3-11H2,1-2H3. The second-order valence-corrected chi connectivity index (χ2v) is 4.81. The Balaban J connectivity index is 2.13. The van der Waals surface area contributed by atoms with E-state index >= 15 is 0 Å². The van der Waals surface area contributed by atoms with Gasteiger partial charge in [-0.25, -0.2) is 0 Å². The number of amides is 1. The molecule has 1 amide bonds. The molecule has 94 valence electrons. The molecule has 1 saturated heterocycles. The molecule has 1 aliphatic heterocycles. The lowest BCUT2D eigenvalue weighted by atomic mass is 10.2. The predicted octanol–water partition coefficient (Wildman–Crippen LogP) is 2.17. The van der Waals surface area contributed by atoms with Crippen LogP contribution in [0.1, 0.15) is 52.4 Å². The molecule has 0 aliphatic carbocycles. The van der Waals surface area contributed by atoms with Gasteiger partial charge in [-0.3, -0.25) is 4.79 Å². The Morgan fingerprint density at radius 3 is 2.94 bits per heavy atom. The lowest BCUT2D eigenvalue weighted by Crippen LogP contribution is -2.34. The molecule has 0 bridgehead atoms. The van der Waals surface area contributed by atoms with Gasteiger partial charge in [0, 0.05) is 25.6 Å². The monoisotopic (exact) mass is 226 g/mol. The number of rotatable bonds is 6. The predicted molar refractivity (Wildman–Crippen MR) is 67.4 cm³/mol. The van der Waals surface area contributed by atoms with Crippen LogP contribution in [0.25, 0.3) is 0 Å². The number of nitrogens with zero attached hydrogens (tertiary/aromatic N) is 1. The van der Waals surface area contributed by atoms with Gasteiger partial charge in [0.15, 0.2) is 0 Å². The lowest BCUT2D eigenvalue weighted by Gasteiger charge is -2.21. The summed E-state index contributed by atoms with van der Waals surface area (Å²) in [6.07, 6.45) is 6.50. The van der Waals surface area contributed by atoms with Crippen LogP contribution in [0, 0.1) is 0 Å². The Morgan fingerprint density at radius 2 is 2.19 bits per heavy atom. The SMILES string of the molecule is CCC(C)NCCCN1CCCCCC1=O. The highest BCUT2D eigenvalue weighted by molar-refractivity contribution is 5.76. The van der Waals surface area contributed by atoms with Gasteiger partial charge >= 0.3 is 0 Å². The van der Waals surface area contributed by atoms with E-state index in [0.29, 0.717) is 11.9 Å². The van der Waals surface area contributed by atoms with Gasteiger partial charge in [-0.05, 0) is 39.2 Å². The lowest BCUT2D eigenvalue weighted by molar-refractivity contribution is -0.130. The van der Waals surface area contributed by atoms with Crippen LogP contribution < -0.4 is 5.32 Å². The topological polar surface area (TPSA) is 32.3 Å². The first-order chi connectivity index (χ1) is 7.74. The van der Waals surface area contributed by atoms with Crippen molar-refractivity contribution in [3.05, 3.63) is 0 Å². The maximum Gasteiger partial charge on any atom is 0.222 e. The van der Waals surface area contributed by atoms with E-state index in [9.17, 15) is 4.79 Å². The van der Waals surface area contributed by atoms with Crippen LogP contribution in [0.4, 0.5) is 0 Å². The highest BCUT2D eigenvalue weighted by Gasteiger charge is 2.15. The number of hydrogen-bond acceptors (Lipinski definition) is 2. The zero-order valence-corrected chi connectivity index (χ0v) is 10.8. The van der Waals surface area contributed by atoms with Crippen molar-refractivity contribution < 1.29 is 4.79 Å². The van der Waals surface area contributed by atoms with Crippen molar-refractivity contribution in [2.24, 2.45) is 0 Å². The minimum atomic E-state index is 0.362. The molecule has 1 atom stereocenters. The molecular weight excluding hydrogens is 200 g/mol. The minimum absolute atomic E-state index is 0.362. The summed E-state index contributed by atoms with van der Waals surface area (Å²) in [6.45, 7) is 7.33. The molecule has 1 heterocycles. The largest absolute Gasteiger partial charge is 0.343 e. The van der Waals surface area contributed by atoms with E-state index in [-0.39, 0.29) is 0 Å². The van der Waals surface area contributed by atoms with Crippen LogP contribution in [0.3, 0.4) is 0 Å². The number of nitrogens with one attached hydrogen (secondary N) is 1. The smallest absolute Gasteiger partial charge is 0.222 e. The van der Waals surface area contributed by atoms with Gasteiger partial charge in [0.05, 0.1) is 0 Å². The van der Waals surface area contributed by atoms with E-state index in [1.807, 2.05) is 4.90 Å². The van der Waals surface area contributed by atoms with Crippen molar-refractivity contribution in [2.75, 3.05) is 19.6 Å². The molecule has 3 nitrogen and oxygen atoms in total. The zero-order chi connectivity index (χ0) is 11.8. The van der Waals surface area contributed by atoms with Crippen molar-refractivity contribution in [1.29, 1.82) is 0 Å². The first kappa shape index (κ1) is 13.5. The summed E-state index contributed by atoms with van der Waals surface area (Å²) in [7, 11) is 0. The highest BCUT2D eigenvalue weighted by atomic mass is 16.2. The molecule has 0 spiro atoms. The number of carbonyl (C=O) groups excluding carboxylic acids is 1. The molecule has 1 N–H and O–H groups in total. The number of hydrogen-bond donors (Lipinski definition) is 1. The second kappa shape index (κ2) is 7.66. The van der Waals surface area contributed by atoms with E-state index in [4.69, 9.17) is 0 Å². The van der Waals surface area contributed by atoms with Gasteiger partial charge in [-0.1, -0.05) is 13.3 Å². The zero-order valence-electron chi connectivity index (χ0n) is 10.8. The Morgan fingerprint density at radius 1 is 1.38 bits per heavy atom. The number of likely N-dealkylation sites (tertiary alicyclic amines) is 1. The van der Waals surface area contributed by atoms with Gasteiger partial charge in [0.1, 0.15) is 0 Å². The van der Waals surface area contributed by atoms with E-state index < -0.39 is 0 Å². The fourth-order valence-electron chi connectivity index (χ4n) is 2.04. The first-order valence-electron chi connectivity index (χ1n) is 6.75. The molecule has 3 heteroatoms. The number of carbonyl (C=O) groups is 1. The Bertz CT molecular complexity index is 206. The van der Waals surface area contributed by atoms with E-state index in [1.54, 1.807) is 0 Å². The van der Waals surface area contributed by atoms with Crippen LogP contribution in [0.2, 0.25) is 0 Å². The van der Waals surface area contributed by atoms with E-state index in [2.05, 4.69) is 19.2 Å². The Labute approximate surface area is 99.6 Å². The summed E-state index contributed by atoms with van der Waals surface area (Å²) in [4.78, 5) is 13.8. The molecule has 16 heavy (non-hydrogen) atoms. The van der Waals surface area contributed by atoms with Crippen molar-refractivity contribution in [2.45, 2.75) is 58.4 Å². The highest BCUT2D eigenvalue weighted by Crippen LogP contribution is 2.11. The summed E-state index contributed by atoms with van der Waals surface area (Å²) >= 11 is 0. The third-order valence-electron chi connectivity index (χ3n) is 3.38. The van der Waals surface area contributed by atoms with E-state index in [1.165, 1.54) is 19.3 Å². The molecule has 0 aromatic rings. The molecule has 0 aromatic carbocycles. The van der Waals surface area contributed by atoms with Gasteiger partial charge in [0.2, 0.25) is 5.91 Å². The summed E-state index contributed by atoms with van der Waals surface area (Å²) in [6, 6.07) is 0.597. The summed E-state index contributed by atoms with van der Waals surface area (Å²) in [5.41, 5.74) is 0. The fourth-order valence-corrected chi connectivity index (χ4v) is 2.04. The maximum atomic E-state index is 11.7. The van der Waals surface area contributed by atoms with Crippen LogP contribution in [-0.2, 0) is 4.79 Å². The maximum absolute atomic E-state index is 11.7. The molecule has 1 fully saturated rings. The molecule has 1 rings (SSSR count). The van der Waals surface area contributed by atoms with Crippen LogP contribution in [0.15, 0.2) is 0 Å². The average molecular weight is 226 g/mol. The molecular formula is C13H26N2O. The molecule has 0 saturated carbocycles. The van der Waals surface area contributed by atoms with Crippen molar-refractivity contribution in [3.63, 3.8) is 0 Å². The normalized spacial score (nSPS) is 19.6. The van der Waals surface area contributed by atoms with Crippen molar-refractivity contribution >= 4 is 5.91 Å². The third kappa shape index (κ3) is 4.97. The average Bonchev–Trinajstić information content (AvgIpc) is 2.49. The van der Waals surface area contributed by atoms with Crippen LogP contribution in [0.5, 0.6) is 0 Å². The quantitative estimate of drug-likeness (QED) is 0.704. The fraction of sp³-hybridized carbons (Fsp3) is 0.923. The van der Waals surface area contributed by atoms with E-state index in [0.717, 1.165) is 38.9 Å². The van der Waals surface area contributed by atoms with Gasteiger partial charge < -0.3 is 10.2 Å². The second-order valence-electron chi connectivity index (χ2n) is 4.81. The molecule has 1 unspecified atom stereocenters. The molecule has 0 aromatic heterocycles. The Kier molecular flexibility index (Phi) is 6.46. The Hall–Kier alpha value is -0.570. The molecule has 0 radical (unpaired) electrons. The first-order valence-corrected chi connectivity index (χ1v) is 6.75.